The molecule has 0 aliphatic rings. The molecule has 0 saturated carbocycles. The number of amides is 1. The van der Waals surface area contributed by atoms with Crippen LogP contribution in [-0.4, -0.2) is 17.1 Å². The van der Waals surface area contributed by atoms with Crippen LogP contribution >= 0.6 is 11.3 Å². The number of fused-ring (bicyclic) bond motifs is 1. The van der Waals surface area contributed by atoms with Gasteiger partial charge in [0.15, 0.2) is 4.80 Å². The summed E-state index contributed by atoms with van der Waals surface area (Å²) < 4.78 is 21.5. The van der Waals surface area contributed by atoms with E-state index >= 15 is 0 Å². The van der Waals surface area contributed by atoms with Crippen LogP contribution in [-0.2, 0) is 6.54 Å². The van der Waals surface area contributed by atoms with Gasteiger partial charge in [0, 0.05) is 5.56 Å². The lowest BCUT2D eigenvalue weighted by Gasteiger charge is -2.05. The van der Waals surface area contributed by atoms with Gasteiger partial charge in [0.25, 0.3) is 5.91 Å². The quantitative estimate of drug-likeness (QED) is 0.469. The molecule has 0 spiro atoms. The second-order valence-electron chi connectivity index (χ2n) is 5.93. The zero-order valence-electron chi connectivity index (χ0n) is 14.9. The van der Waals surface area contributed by atoms with Gasteiger partial charge in [-0.05, 0) is 48.9 Å². The summed E-state index contributed by atoms with van der Waals surface area (Å²) in [6, 6.07) is 11.3. The molecule has 0 aliphatic carbocycles. The lowest BCUT2D eigenvalue weighted by atomic mass is 10.2. The van der Waals surface area contributed by atoms with E-state index in [0.717, 1.165) is 24.1 Å². The van der Waals surface area contributed by atoms with Gasteiger partial charge in [0.05, 0.1) is 23.4 Å². The van der Waals surface area contributed by atoms with E-state index in [0.29, 0.717) is 21.7 Å². The first-order valence-electron chi connectivity index (χ1n) is 8.66. The number of carbonyl (C=O) groups is 1. The first-order valence-corrected chi connectivity index (χ1v) is 9.48. The van der Waals surface area contributed by atoms with Crippen LogP contribution in [0.15, 0.2) is 47.5 Å². The second kappa shape index (κ2) is 8.65. The average Bonchev–Trinajstić information content (AvgIpc) is 2.99. The highest BCUT2D eigenvalue weighted by Crippen LogP contribution is 2.19. The smallest absolute Gasteiger partial charge is 0.279 e. The Morgan fingerprint density at radius 1 is 1.30 bits per heavy atom. The molecule has 0 N–H and O–H groups in total. The minimum atomic E-state index is -0.382. The van der Waals surface area contributed by atoms with Crippen LogP contribution in [0.3, 0.4) is 0 Å². The van der Waals surface area contributed by atoms with Crippen molar-refractivity contribution in [3.05, 3.63) is 58.6 Å². The lowest BCUT2D eigenvalue weighted by Crippen LogP contribution is -2.16. The Hall–Kier alpha value is -2.91. The number of unbranched alkanes of at least 4 members (excludes halogenated alkanes) is 1. The molecule has 0 fully saturated rings. The van der Waals surface area contributed by atoms with Crippen molar-refractivity contribution in [1.82, 2.24) is 4.57 Å². The molecular weight excluding hydrogens is 363 g/mol. The van der Waals surface area contributed by atoms with Gasteiger partial charge >= 0.3 is 0 Å². The maximum absolute atomic E-state index is 13.5. The van der Waals surface area contributed by atoms with Crippen molar-refractivity contribution < 1.29 is 13.9 Å². The lowest BCUT2D eigenvalue weighted by molar-refractivity contribution is 0.0998. The van der Waals surface area contributed by atoms with Crippen molar-refractivity contribution in [2.75, 3.05) is 6.61 Å². The van der Waals surface area contributed by atoms with E-state index in [9.17, 15) is 9.18 Å². The number of aromatic nitrogens is 1. The molecule has 2 aromatic carbocycles. The number of thiazole rings is 1. The van der Waals surface area contributed by atoms with Crippen molar-refractivity contribution in [1.29, 1.82) is 0 Å². The molecule has 0 saturated heterocycles. The second-order valence-corrected chi connectivity index (χ2v) is 6.94. The largest absolute Gasteiger partial charge is 0.494 e. The van der Waals surface area contributed by atoms with E-state index in [4.69, 9.17) is 11.2 Å². The minimum Gasteiger partial charge on any atom is -0.494 e. The Labute approximate surface area is 160 Å². The van der Waals surface area contributed by atoms with E-state index in [-0.39, 0.29) is 18.3 Å². The van der Waals surface area contributed by atoms with Crippen LogP contribution in [0.25, 0.3) is 10.2 Å². The number of hydrogen-bond acceptors (Lipinski definition) is 3. The Balaban J connectivity index is 1.90. The van der Waals surface area contributed by atoms with E-state index in [2.05, 4.69) is 17.8 Å². The summed E-state index contributed by atoms with van der Waals surface area (Å²) in [4.78, 5) is 17.2. The molecule has 0 radical (unpaired) electrons. The molecule has 138 valence electrons. The van der Waals surface area contributed by atoms with Crippen LogP contribution in [0.1, 0.15) is 30.1 Å². The van der Waals surface area contributed by atoms with E-state index in [1.165, 1.54) is 23.5 Å². The molecule has 0 unspecified atom stereocenters. The van der Waals surface area contributed by atoms with Crippen molar-refractivity contribution >= 4 is 27.5 Å². The van der Waals surface area contributed by atoms with Crippen molar-refractivity contribution in [3.8, 4) is 18.1 Å². The predicted molar refractivity (Wildman–Crippen MR) is 105 cm³/mol. The zero-order valence-corrected chi connectivity index (χ0v) is 15.8. The fourth-order valence-corrected chi connectivity index (χ4v) is 3.61. The van der Waals surface area contributed by atoms with Gasteiger partial charge in [0.2, 0.25) is 0 Å². The van der Waals surface area contributed by atoms with E-state index in [1.807, 2.05) is 0 Å². The van der Waals surface area contributed by atoms with Crippen LogP contribution < -0.4 is 9.54 Å². The topological polar surface area (TPSA) is 43.6 Å². The van der Waals surface area contributed by atoms with Gasteiger partial charge in [-0.1, -0.05) is 30.6 Å². The summed E-state index contributed by atoms with van der Waals surface area (Å²) in [5.74, 6) is 2.55. The van der Waals surface area contributed by atoms with Gasteiger partial charge in [-0.15, -0.1) is 6.42 Å². The fraction of sp³-hybridized carbons (Fsp3) is 0.238. The monoisotopic (exact) mass is 382 g/mol. The van der Waals surface area contributed by atoms with E-state index < -0.39 is 0 Å². The molecule has 3 aromatic rings. The molecule has 0 aliphatic heterocycles. The molecular formula is C21H19FN2O2S. The number of benzene rings is 2. The first-order chi connectivity index (χ1) is 13.1. The molecule has 1 aromatic heterocycles. The fourth-order valence-electron chi connectivity index (χ4n) is 2.56. The molecule has 4 nitrogen and oxygen atoms in total. The van der Waals surface area contributed by atoms with Crippen LogP contribution in [0.2, 0.25) is 0 Å². The number of halogens is 1. The Morgan fingerprint density at radius 2 is 2.07 bits per heavy atom. The highest BCUT2D eigenvalue weighted by molar-refractivity contribution is 7.16. The summed E-state index contributed by atoms with van der Waals surface area (Å²) in [6.45, 7) is 3.00. The number of carbonyl (C=O) groups excluding carboxylic acids is 1. The van der Waals surface area contributed by atoms with Crippen LogP contribution in [0.4, 0.5) is 4.39 Å². The van der Waals surface area contributed by atoms with Gasteiger partial charge < -0.3 is 9.30 Å². The Bertz CT molecular complexity index is 1060. The molecule has 3 rings (SSSR count). The molecule has 1 heterocycles. The highest BCUT2D eigenvalue weighted by Gasteiger charge is 2.10. The number of rotatable bonds is 6. The van der Waals surface area contributed by atoms with Gasteiger partial charge in [0.1, 0.15) is 11.6 Å². The number of ether oxygens (including phenoxy) is 1. The maximum atomic E-state index is 13.5. The third-order valence-electron chi connectivity index (χ3n) is 3.96. The minimum absolute atomic E-state index is 0.252. The summed E-state index contributed by atoms with van der Waals surface area (Å²) in [7, 11) is 0. The third-order valence-corrected chi connectivity index (χ3v) is 5.00. The van der Waals surface area contributed by atoms with Crippen molar-refractivity contribution in [2.24, 2.45) is 4.99 Å². The molecule has 0 atom stereocenters. The van der Waals surface area contributed by atoms with Gasteiger partial charge in [-0.2, -0.15) is 4.99 Å². The SMILES string of the molecule is C#CCn1c(=NC(=O)c2ccc(OCCCC)cc2)sc2cc(F)ccc21. The summed E-state index contributed by atoms with van der Waals surface area (Å²) in [5.41, 5.74) is 1.21. The van der Waals surface area contributed by atoms with Crippen molar-refractivity contribution in [3.63, 3.8) is 0 Å². The van der Waals surface area contributed by atoms with Crippen molar-refractivity contribution in [2.45, 2.75) is 26.3 Å². The zero-order chi connectivity index (χ0) is 19.2. The molecule has 1 amide bonds. The molecule has 6 heteroatoms. The first kappa shape index (κ1) is 18.9. The van der Waals surface area contributed by atoms with Gasteiger partial charge in [-0.25, -0.2) is 4.39 Å². The summed E-state index contributed by atoms with van der Waals surface area (Å²) in [6.07, 6.45) is 7.48. The molecule has 27 heavy (non-hydrogen) atoms. The summed E-state index contributed by atoms with van der Waals surface area (Å²) in [5, 5.41) is 0. The number of hydrogen-bond donors (Lipinski definition) is 0. The average molecular weight is 382 g/mol. The van der Waals surface area contributed by atoms with E-state index in [1.54, 1.807) is 34.9 Å². The Kier molecular flexibility index (Phi) is 6.05. The molecule has 0 bridgehead atoms. The number of nitrogens with zero attached hydrogens (tertiary/aromatic N) is 2. The maximum Gasteiger partial charge on any atom is 0.279 e. The van der Waals surface area contributed by atoms with Crippen LogP contribution in [0, 0.1) is 18.2 Å². The predicted octanol–water partition coefficient (Wildman–Crippen LogP) is 4.40. The Morgan fingerprint density at radius 3 is 2.78 bits per heavy atom. The normalized spacial score (nSPS) is 11.5. The summed E-state index contributed by atoms with van der Waals surface area (Å²) >= 11 is 1.23. The number of terminal acetylenes is 1. The van der Waals surface area contributed by atoms with Gasteiger partial charge in [-0.3, -0.25) is 4.79 Å². The highest BCUT2D eigenvalue weighted by atomic mass is 32.1. The van der Waals surface area contributed by atoms with Crippen LogP contribution in [0.5, 0.6) is 5.75 Å². The third kappa shape index (κ3) is 4.44. The standard InChI is InChI=1S/C21H19FN2O2S/c1-3-5-13-26-17-9-6-15(7-10-17)20(25)23-21-24(12-4-2)18-11-8-16(22)14-19(18)27-21/h2,6-11,14H,3,5,12-13H2,1H3.